The van der Waals surface area contributed by atoms with Gasteiger partial charge in [-0.1, -0.05) is 23.4 Å². The van der Waals surface area contributed by atoms with E-state index in [2.05, 4.69) is 29.0 Å². The molecule has 1 atom stereocenters. The summed E-state index contributed by atoms with van der Waals surface area (Å²) in [5.74, 6) is -2.67. The molecule has 6 nitrogen and oxygen atoms in total. The molecule has 0 aliphatic carbocycles. The van der Waals surface area contributed by atoms with E-state index < -0.39 is 11.9 Å². The molecule has 9 heteroatoms. The van der Waals surface area contributed by atoms with Gasteiger partial charge in [-0.05, 0) is 61.0 Å². The number of carbonyl (C=O) groups is 2. The van der Waals surface area contributed by atoms with E-state index in [1.165, 1.54) is 10.5 Å². The molecule has 0 aromatic heterocycles. The summed E-state index contributed by atoms with van der Waals surface area (Å²) in [5, 5.41) is 16.4. The molecular weight excluding hydrogens is 455 g/mol. The Morgan fingerprint density at radius 2 is 1.66 bits per heavy atom. The third-order valence-electron chi connectivity index (χ3n) is 5.33. The second kappa shape index (κ2) is 11.0. The number of hydrogen-bond acceptors (Lipinski definition) is 5. The topological polar surface area (TPSA) is 81.1 Å². The number of benzene rings is 2. The molecule has 1 saturated heterocycles. The Labute approximate surface area is 195 Å². The van der Waals surface area contributed by atoms with Crippen LogP contribution >= 0.6 is 23.4 Å². The molecule has 0 radical (unpaired) electrons. The van der Waals surface area contributed by atoms with Crippen LogP contribution in [0.25, 0.3) is 0 Å². The van der Waals surface area contributed by atoms with Crippen LogP contribution in [0.5, 0.6) is 0 Å². The molecule has 1 unspecified atom stereocenters. The van der Waals surface area contributed by atoms with E-state index in [0.717, 1.165) is 48.1 Å². The van der Waals surface area contributed by atoms with E-state index in [0.29, 0.717) is 12.2 Å². The molecule has 0 saturated carbocycles. The number of aliphatic carboxylic acids is 2. The second-order valence-corrected chi connectivity index (χ2v) is 9.13. The average Bonchev–Trinajstić information content (AvgIpc) is 2.90. The minimum Gasteiger partial charge on any atom is -0.478 e. The van der Waals surface area contributed by atoms with E-state index in [1.807, 2.05) is 12.1 Å². The Bertz CT molecular complexity index is 1010. The summed E-state index contributed by atoms with van der Waals surface area (Å²) in [6.07, 6.45) is 1.95. The van der Waals surface area contributed by atoms with E-state index in [9.17, 15) is 14.0 Å². The van der Waals surface area contributed by atoms with Gasteiger partial charge in [0.25, 0.3) is 0 Å². The summed E-state index contributed by atoms with van der Waals surface area (Å²) >= 11 is 8.02. The minimum atomic E-state index is -1.26. The summed E-state index contributed by atoms with van der Waals surface area (Å²) in [7, 11) is 2.16. The average molecular weight is 479 g/mol. The lowest BCUT2D eigenvalue weighted by Gasteiger charge is -2.38. The maximum absolute atomic E-state index is 13.8. The van der Waals surface area contributed by atoms with Gasteiger partial charge in [-0.25, -0.2) is 14.0 Å². The van der Waals surface area contributed by atoms with Gasteiger partial charge < -0.3 is 15.1 Å². The maximum atomic E-state index is 13.8. The Morgan fingerprint density at radius 3 is 2.28 bits per heavy atom. The van der Waals surface area contributed by atoms with Crippen LogP contribution in [0.3, 0.4) is 0 Å². The quantitative estimate of drug-likeness (QED) is 0.640. The predicted molar refractivity (Wildman–Crippen MR) is 122 cm³/mol. The normalized spacial score (nSPS) is 18.8. The molecule has 2 aromatic rings. The van der Waals surface area contributed by atoms with Crippen molar-refractivity contribution in [3.8, 4) is 0 Å². The third kappa shape index (κ3) is 6.56. The van der Waals surface area contributed by atoms with Crippen molar-refractivity contribution in [2.45, 2.75) is 22.3 Å². The zero-order valence-corrected chi connectivity index (χ0v) is 19.1. The Balaban J connectivity index is 0.000000312. The Kier molecular flexibility index (Phi) is 8.31. The van der Waals surface area contributed by atoms with Crippen molar-refractivity contribution in [1.29, 1.82) is 0 Å². The van der Waals surface area contributed by atoms with Crippen LogP contribution in [-0.2, 0) is 16.0 Å². The van der Waals surface area contributed by atoms with E-state index in [4.69, 9.17) is 21.8 Å². The zero-order valence-electron chi connectivity index (χ0n) is 17.5. The first-order valence-corrected chi connectivity index (χ1v) is 11.2. The molecule has 2 aromatic carbocycles. The SMILES string of the molecule is CN1CCN(C2Cc3cc(F)ccc3Sc3ccc(Cl)cc32)CC1.O=C(O)/C=C\C(=O)O. The van der Waals surface area contributed by atoms with Gasteiger partial charge in [0.1, 0.15) is 5.82 Å². The summed E-state index contributed by atoms with van der Waals surface area (Å²) in [4.78, 5) is 26.4. The molecule has 0 amide bonds. The molecule has 170 valence electrons. The van der Waals surface area contributed by atoms with Gasteiger partial charge in [-0.15, -0.1) is 0 Å². The number of carboxylic acid groups (broad SMARTS) is 2. The summed E-state index contributed by atoms with van der Waals surface area (Å²) in [5.41, 5.74) is 2.37. The van der Waals surface area contributed by atoms with Gasteiger partial charge in [-0.3, -0.25) is 4.90 Å². The van der Waals surface area contributed by atoms with Crippen molar-refractivity contribution in [2.24, 2.45) is 0 Å². The molecule has 0 spiro atoms. The predicted octanol–water partition coefficient (Wildman–Crippen LogP) is 4.19. The summed E-state index contributed by atoms with van der Waals surface area (Å²) in [6, 6.07) is 11.5. The fourth-order valence-electron chi connectivity index (χ4n) is 3.72. The number of likely N-dealkylation sites (N-methyl/N-ethyl adjacent to an activating group) is 1. The molecule has 2 aliphatic heterocycles. The lowest BCUT2D eigenvalue weighted by Crippen LogP contribution is -2.46. The van der Waals surface area contributed by atoms with Gasteiger partial charge in [0, 0.05) is 59.2 Å². The van der Waals surface area contributed by atoms with Gasteiger partial charge >= 0.3 is 11.9 Å². The third-order valence-corrected chi connectivity index (χ3v) is 6.78. The first kappa shape index (κ1) is 24.3. The lowest BCUT2D eigenvalue weighted by atomic mass is 9.96. The van der Waals surface area contributed by atoms with E-state index in [1.54, 1.807) is 23.9 Å². The van der Waals surface area contributed by atoms with Crippen LogP contribution < -0.4 is 0 Å². The minimum absolute atomic E-state index is 0.157. The molecule has 2 aliphatic rings. The number of halogens is 2. The van der Waals surface area contributed by atoms with Crippen molar-refractivity contribution in [3.63, 3.8) is 0 Å². The number of piperazine rings is 1. The van der Waals surface area contributed by atoms with E-state index >= 15 is 0 Å². The molecule has 2 N–H and O–H groups in total. The molecule has 4 rings (SSSR count). The Morgan fingerprint density at radius 1 is 1.03 bits per heavy atom. The highest BCUT2D eigenvalue weighted by molar-refractivity contribution is 7.99. The Hall–Kier alpha value is -2.39. The fourth-order valence-corrected chi connectivity index (χ4v) is 4.99. The van der Waals surface area contributed by atoms with Gasteiger partial charge in [0.05, 0.1) is 0 Å². The van der Waals surface area contributed by atoms with E-state index in [-0.39, 0.29) is 11.9 Å². The van der Waals surface area contributed by atoms with Crippen LogP contribution in [0.2, 0.25) is 5.02 Å². The van der Waals surface area contributed by atoms with Gasteiger partial charge in [-0.2, -0.15) is 0 Å². The highest BCUT2D eigenvalue weighted by atomic mass is 35.5. The van der Waals surface area contributed by atoms with Gasteiger partial charge in [0.15, 0.2) is 0 Å². The first-order valence-electron chi connectivity index (χ1n) is 10.0. The second-order valence-electron chi connectivity index (χ2n) is 7.61. The number of rotatable bonds is 3. The van der Waals surface area contributed by atoms with Crippen molar-refractivity contribution in [2.75, 3.05) is 33.2 Å². The van der Waals surface area contributed by atoms with Crippen molar-refractivity contribution >= 4 is 35.3 Å². The smallest absolute Gasteiger partial charge is 0.328 e. The molecule has 32 heavy (non-hydrogen) atoms. The van der Waals surface area contributed by atoms with Gasteiger partial charge in [0.2, 0.25) is 0 Å². The van der Waals surface area contributed by atoms with Crippen molar-refractivity contribution < 1.29 is 24.2 Å². The summed E-state index contributed by atoms with van der Waals surface area (Å²) < 4.78 is 13.8. The van der Waals surface area contributed by atoms with Crippen LogP contribution in [0.4, 0.5) is 4.39 Å². The van der Waals surface area contributed by atoms with Crippen LogP contribution in [0.15, 0.2) is 58.3 Å². The highest BCUT2D eigenvalue weighted by Crippen LogP contribution is 2.44. The standard InChI is InChI=1S/C19H20ClFN2S.C4H4O4/c1-22-6-8-23(9-7-22)17-11-13-10-15(21)3-5-18(13)24-19-4-2-14(20)12-16(17)19;5-3(6)1-2-4(7)8/h2-5,10,12,17H,6-9,11H2,1H3;1-2H,(H,5,6)(H,7,8)/b;2-1-. The number of carboxylic acids is 2. The zero-order chi connectivity index (χ0) is 23.3. The first-order chi connectivity index (χ1) is 15.2. The molecule has 0 bridgehead atoms. The largest absolute Gasteiger partial charge is 0.478 e. The highest BCUT2D eigenvalue weighted by Gasteiger charge is 2.29. The molecule has 2 heterocycles. The maximum Gasteiger partial charge on any atom is 0.328 e. The van der Waals surface area contributed by atoms with Crippen LogP contribution in [-0.4, -0.2) is 65.2 Å². The number of fused-ring (bicyclic) bond motifs is 2. The van der Waals surface area contributed by atoms with Crippen LogP contribution in [0.1, 0.15) is 17.2 Å². The summed E-state index contributed by atoms with van der Waals surface area (Å²) in [6.45, 7) is 4.19. The number of nitrogens with zero attached hydrogens (tertiary/aromatic N) is 2. The van der Waals surface area contributed by atoms with Crippen LogP contribution in [0, 0.1) is 5.82 Å². The molecular formula is C23H24ClFN2O4S. The lowest BCUT2D eigenvalue weighted by molar-refractivity contribution is -0.134. The monoisotopic (exact) mass is 478 g/mol. The van der Waals surface area contributed by atoms with Crippen molar-refractivity contribution in [1.82, 2.24) is 9.80 Å². The number of hydrogen-bond donors (Lipinski definition) is 2. The molecule has 1 fully saturated rings. The fraction of sp³-hybridized carbons (Fsp3) is 0.304. The van der Waals surface area contributed by atoms with Crippen molar-refractivity contribution in [3.05, 3.63) is 70.5 Å².